The van der Waals surface area contributed by atoms with E-state index in [2.05, 4.69) is 0 Å². The molecule has 112 valence electrons. The van der Waals surface area contributed by atoms with Crippen LogP contribution in [0.25, 0.3) is 0 Å². The molecule has 0 saturated heterocycles. The van der Waals surface area contributed by atoms with Crippen molar-refractivity contribution in [2.45, 2.75) is 19.4 Å². The smallest absolute Gasteiger partial charge is 0.161 e. The van der Waals surface area contributed by atoms with Gasteiger partial charge in [0.2, 0.25) is 0 Å². The summed E-state index contributed by atoms with van der Waals surface area (Å²) in [5.74, 6) is 1.24. The molecule has 2 rings (SSSR count). The fourth-order valence-corrected chi connectivity index (χ4v) is 2.17. The zero-order valence-electron chi connectivity index (χ0n) is 11.5. The molecule has 2 nitrogen and oxygen atoms in total. The molecule has 0 spiro atoms. The van der Waals surface area contributed by atoms with E-state index in [4.69, 9.17) is 32.7 Å². The van der Waals surface area contributed by atoms with Crippen LogP contribution in [0.4, 0.5) is 4.39 Å². The molecule has 0 heterocycles. The Hall–Kier alpha value is -1.45. The quantitative estimate of drug-likeness (QED) is 0.679. The molecule has 0 N–H and O–H groups in total. The van der Waals surface area contributed by atoms with Crippen LogP contribution in [0.1, 0.15) is 18.1 Å². The van der Waals surface area contributed by atoms with Gasteiger partial charge in [-0.25, -0.2) is 4.39 Å². The van der Waals surface area contributed by atoms with Crippen molar-refractivity contribution in [3.8, 4) is 11.5 Å². The Morgan fingerprint density at radius 1 is 1.05 bits per heavy atom. The number of rotatable bonds is 6. The van der Waals surface area contributed by atoms with E-state index in [0.717, 1.165) is 5.56 Å². The van der Waals surface area contributed by atoms with Gasteiger partial charge in [0.1, 0.15) is 12.4 Å². The molecular formula is C16H15Cl2FO2. The van der Waals surface area contributed by atoms with Crippen LogP contribution in [-0.2, 0) is 12.5 Å². The molecule has 0 radical (unpaired) electrons. The van der Waals surface area contributed by atoms with Gasteiger partial charge in [-0.3, -0.25) is 0 Å². The van der Waals surface area contributed by atoms with Gasteiger partial charge < -0.3 is 9.47 Å². The lowest BCUT2D eigenvalue weighted by Gasteiger charge is -2.13. The van der Waals surface area contributed by atoms with E-state index in [1.807, 2.05) is 19.1 Å². The van der Waals surface area contributed by atoms with Crippen molar-refractivity contribution < 1.29 is 13.9 Å². The number of hydrogen-bond donors (Lipinski definition) is 0. The van der Waals surface area contributed by atoms with Gasteiger partial charge in [-0.1, -0.05) is 17.7 Å². The molecule has 0 aliphatic carbocycles. The standard InChI is InChI=1S/C16H15Cl2FO2/c1-2-20-16-7-11(9-17)3-6-15(16)21-10-12-8-13(19)4-5-14(12)18/h3-8H,2,9-10H2,1H3. The SMILES string of the molecule is CCOc1cc(CCl)ccc1OCc1cc(F)ccc1Cl. The second-order valence-corrected chi connectivity index (χ2v) is 5.05. The molecule has 0 atom stereocenters. The van der Waals surface area contributed by atoms with E-state index in [0.29, 0.717) is 34.6 Å². The minimum atomic E-state index is -0.347. The van der Waals surface area contributed by atoms with Crippen molar-refractivity contribution >= 4 is 23.2 Å². The molecule has 0 amide bonds. The summed E-state index contributed by atoms with van der Waals surface area (Å²) >= 11 is 11.8. The Bertz CT molecular complexity index is 617. The summed E-state index contributed by atoms with van der Waals surface area (Å²) in [6, 6.07) is 9.66. The number of benzene rings is 2. The first-order valence-electron chi connectivity index (χ1n) is 6.52. The summed E-state index contributed by atoms with van der Waals surface area (Å²) < 4.78 is 24.4. The molecular weight excluding hydrogens is 314 g/mol. The highest BCUT2D eigenvalue weighted by Crippen LogP contribution is 2.30. The zero-order valence-corrected chi connectivity index (χ0v) is 13.0. The molecule has 0 fully saturated rings. The van der Waals surface area contributed by atoms with Gasteiger partial charge in [0.15, 0.2) is 11.5 Å². The van der Waals surface area contributed by atoms with E-state index >= 15 is 0 Å². The van der Waals surface area contributed by atoms with E-state index in [1.165, 1.54) is 18.2 Å². The third kappa shape index (κ3) is 4.26. The fourth-order valence-electron chi connectivity index (χ4n) is 1.83. The molecule has 0 aliphatic heterocycles. The molecule has 21 heavy (non-hydrogen) atoms. The van der Waals surface area contributed by atoms with E-state index in [-0.39, 0.29) is 12.4 Å². The first-order valence-corrected chi connectivity index (χ1v) is 7.43. The number of halogens is 3. The first-order chi connectivity index (χ1) is 10.1. The van der Waals surface area contributed by atoms with E-state index < -0.39 is 0 Å². The van der Waals surface area contributed by atoms with Gasteiger partial charge in [-0.05, 0) is 42.8 Å². The van der Waals surface area contributed by atoms with E-state index in [1.54, 1.807) is 6.07 Å². The van der Waals surface area contributed by atoms with Gasteiger partial charge in [0.05, 0.1) is 6.61 Å². The highest BCUT2D eigenvalue weighted by Gasteiger charge is 2.09. The largest absolute Gasteiger partial charge is 0.490 e. The third-order valence-corrected chi connectivity index (χ3v) is 3.53. The molecule has 0 aromatic heterocycles. The Balaban J connectivity index is 2.17. The van der Waals surface area contributed by atoms with Crippen LogP contribution in [0.15, 0.2) is 36.4 Å². The maximum atomic E-state index is 13.2. The molecule has 2 aromatic rings. The second kappa shape index (κ2) is 7.53. The molecule has 0 bridgehead atoms. The van der Waals surface area contributed by atoms with Gasteiger partial charge in [0, 0.05) is 16.5 Å². The van der Waals surface area contributed by atoms with Crippen LogP contribution in [0.3, 0.4) is 0 Å². The Labute approximate surface area is 133 Å². The number of alkyl halides is 1. The van der Waals surface area contributed by atoms with Crippen LogP contribution in [0, 0.1) is 5.82 Å². The van der Waals surface area contributed by atoms with Crippen molar-refractivity contribution in [3.63, 3.8) is 0 Å². The van der Waals surface area contributed by atoms with Crippen LogP contribution < -0.4 is 9.47 Å². The van der Waals surface area contributed by atoms with Gasteiger partial charge in [-0.15, -0.1) is 11.6 Å². The van der Waals surface area contributed by atoms with Gasteiger partial charge in [-0.2, -0.15) is 0 Å². The molecule has 0 saturated carbocycles. The predicted molar refractivity (Wildman–Crippen MR) is 82.9 cm³/mol. The Morgan fingerprint density at radius 2 is 1.86 bits per heavy atom. The summed E-state index contributed by atoms with van der Waals surface area (Å²) in [5.41, 5.74) is 1.52. The first kappa shape index (κ1) is 15.9. The lowest BCUT2D eigenvalue weighted by atomic mass is 10.2. The number of ether oxygens (including phenoxy) is 2. The summed E-state index contributed by atoms with van der Waals surface area (Å²) in [5, 5.41) is 0.465. The number of hydrogen-bond acceptors (Lipinski definition) is 2. The van der Waals surface area contributed by atoms with Crippen molar-refractivity contribution in [2.24, 2.45) is 0 Å². The van der Waals surface area contributed by atoms with E-state index in [9.17, 15) is 4.39 Å². The average molecular weight is 329 g/mol. The van der Waals surface area contributed by atoms with Crippen LogP contribution in [0.2, 0.25) is 5.02 Å². The molecule has 2 aromatic carbocycles. The highest BCUT2D eigenvalue weighted by atomic mass is 35.5. The minimum absolute atomic E-state index is 0.164. The average Bonchev–Trinajstić information content (AvgIpc) is 2.49. The summed E-state index contributed by atoms with van der Waals surface area (Å²) in [6.07, 6.45) is 0. The Kier molecular flexibility index (Phi) is 5.71. The lowest BCUT2D eigenvalue weighted by molar-refractivity contribution is 0.269. The minimum Gasteiger partial charge on any atom is -0.490 e. The van der Waals surface area contributed by atoms with Crippen LogP contribution in [0.5, 0.6) is 11.5 Å². The van der Waals surface area contributed by atoms with Gasteiger partial charge in [0.25, 0.3) is 0 Å². The maximum absolute atomic E-state index is 13.2. The second-order valence-electron chi connectivity index (χ2n) is 4.37. The maximum Gasteiger partial charge on any atom is 0.161 e. The van der Waals surface area contributed by atoms with Crippen molar-refractivity contribution in [2.75, 3.05) is 6.61 Å². The van der Waals surface area contributed by atoms with Gasteiger partial charge >= 0.3 is 0 Å². The summed E-state index contributed by atoms with van der Waals surface area (Å²) in [7, 11) is 0. The Morgan fingerprint density at radius 3 is 2.57 bits per heavy atom. The topological polar surface area (TPSA) is 18.5 Å². The fraction of sp³-hybridized carbons (Fsp3) is 0.250. The summed E-state index contributed by atoms with van der Waals surface area (Å²) in [6.45, 7) is 2.57. The highest BCUT2D eigenvalue weighted by molar-refractivity contribution is 6.31. The predicted octanol–water partition coefficient (Wildman–Crippen LogP) is 5.20. The normalized spacial score (nSPS) is 10.5. The lowest BCUT2D eigenvalue weighted by Crippen LogP contribution is -2.01. The van der Waals surface area contributed by atoms with Crippen molar-refractivity contribution in [3.05, 3.63) is 58.4 Å². The zero-order chi connectivity index (χ0) is 15.2. The van der Waals surface area contributed by atoms with Crippen LogP contribution >= 0.6 is 23.2 Å². The third-order valence-electron chi connectivity index (χ3n) is 2.85. The molecule has 0 aliphatic rings. The van der Waals surface area contributed by atoms with Crippen molar-refractivity contribution in [1.29, 1.82) is 0 Å². The monoisotopic (exact) mass is 328 g/mol. The van der Waals surface area contributed by atoms with Crippen LogP contribution in [-0.4, -0.2) is 6.61 Å². The van der Waals surface area contributed by atoms with Crippen molar-refractivity contribution in [1.82, 2.24) is 0 Å². The summed E-state index contributed by atoms with van der Waals surface area (Å²) in [4.78, 5) is 0. The molecule has 5 heteroatoms. The molecule has 0 unspecified atom stereocenters.